The molecule has 4 nitrogen and oxygen atoms in total. The Bertz CT molecular complexity index is 529. The van der Waals surface area contributed by atoms with Gasteiger partial charge in [0.25, 0.3) is 0 Å². The molecule has 0 rings (SSSR count). The summed E-state index contributed by atoms with van der Waals surface area (Å²) in [4.78, 5) is 0. The van der Waals surface area contributed by atoms with Crippen LogP contribution in [-0.4, -0.2) is 24.6 Å². The van der Waals surface area contributed by atoms with E-state index in [1.807, 2.05) is 53.7 Å². The van der Waals surface area contributed by atoms with Gasteiger partial charge in [0.2, 0.25) is 0 Å². The molecule has 26 heavy (non-hydrogen) atoms. The molecule has 0 aliphatic carbocycles. The van der Waals surface area contributed by atoms with Crippen molar-refractivity contribution in [1.82, 2.24) is 0 Å². The summed E-state index contributed by atoms with van der Waals surface area (Å²) < 4.78 is 11.2. The summed E-state index contributed by atoms with van der Waals surface area (Å²) >= 11 is 0. The number of ether oxygens (including phenoxy) is 2. The Labute approximate surface area is 159 Å². The van der Waals surface area contributed by atoms with Crippen LogP contribution in [0, 0.1) is 0 Å². The van der Waals surface area contributed by atoms with Gasteiger partial charge in [-0.2, -0.15) is 0 Å². The number of hydrogen-bond donors (Lipinski definition) is 2. The van der Waals surface area contributed by atoms with Crippen molar-refractivity contribution in [1.29, 1.82) is 0 Å². The van der Waals surface area contributed by atoms with Crippen molar-refractivity contribution < 1.29 is 20.3 Å². The molecule has 4 N–H and O–H groups in total. The number of nitrogens with two attached hydrogens (primary N) is 2. The Hall–Kier alpha value is -2.10. The lowest BCUT2D eigenvalue weighted by Gasteiger charge is -2.04. The highest BCUT2D eigenvalue weighted by Crippen LogP contribution is 2.06. The van der Waals surface area contributed by atoms with Gasteiger partial charge in [0, 0.05) is 25.0 Å². The van der Waals surface area contributed by atoms with Gasteiger partial charge in [0.15, 0.2) is 11.4 Å². The first kappa shape index (κ1) is 23.9. The average molecular weight is 363 g/mol. The maximum atomic E-state index is 5.74. The quantitative estimate of drug-likeness (QED) is 0.229. The molecule has 0 atom stereocenters. The molecular formula is C22H38N2O2+2. The molecule has 0 spiro atoms. The Morgan fingerprint density at radius 3 is 1.27 bits per heavy atom. The van der Waals surface area contributed by atoms with Crippen molar-refractivity contribution in [3.05, 3.63) is 47.0 Å². The van der Waals surface area contributed by atoms with E-state index in [-0.39, 0.29) is 0 Å². The van der Waals surface area contributed by atoms with Crippen LogP contribution in [0.5, 0.6) is 0 Å². The molecular weight excluding hydrogens is 324 g/mol. The zero-order valence-corrected chi connectivity index (χ0v) is 17.5. The van der Waals surface area contributed by atoms with E-state index in [1.54, 1.807) is 12.5 Å². The summed E-state index contributed by atoms with van der Waals surface area (Å²) in [5.41, 5.74) is 5.99. The van der Waals surface area contributed by atoms with Crippen molar-refractivity contribution in [2.75, 3.05) is 13.2 Å². The second kappa shape index (κ2) is 14.1. The lowest BCUT2D eigenvalue weighted by atomic mass is 10.1. The molecule has 0 fully saturated rings. The monoisotopic (exact) mass is 362 g/mol. The average Bonchev–Trinajstić information content (AvgIpc) is 2.56. The van der Waals surface area contributed by atoms with E-state index in [0.29, 0.717) is 0 Å². The lowest BCUT2D eigenvalue weighted by Crippen LogP contribution is -2.38. The molecule has 0 saturated carbocycles. The van der Waals surface area contributed by atoms with Gasteiger partial charge in [0.05, 0.1) is 25.7 Å². The van der Waals surface area contributed by atoms with Gasteiger partial charge in [-0.3, -0.25) is 10.8 Å². The van der Waals surface area contributed by atoms with Crippen molar-refractivity contribution in [3.8, 4) is 0 Å². The van der Waals surface area contributed by atoms with Gasteiger partial charge >= 0.3 is 0 Å². The summed E-state index contributed by atoms with van der Waals surface area (Å²) in [6, 6.07) is 0. The van der Waals surface area contributed by atoms with E-state index in [1.165, 1.54) is 0 Å². The highest BCUT2D eigenvalue weighted by atomic mass is 16.5. The van der Waals surface area contributed by atoms with E-state index in [9.17, 15) is 0 Å². The molecule has 0 amide bonds. The first-order valence-electron chi connectivity index (χ1n) is 9.36. The predicted octanol–water partition coefficient (Wildman–Crippen LogP) is 2.72. The molecule has 0 aromatic rings. The smallest absolute Gasteiger partial charge is 0.172 e. The Morgan fingerprint density at radius 1 is 0.615 bits per heavy atom. The van der Waals surface area contributed by atoms with Crippen LogP contribution in [0.3, 0.4) is 0 Å². The number of hydrogen-bond acceptors (Lipinski definition) is 2. The van der Waals surface area contributed by atoms with Gasteiger partial charge in [-0.15, -0.1) is 0 Å². The number of rotatable bonds is 13. The van der Waals surface area contributed by atoms with E-state index >= 15 is 0 Å². The minimum absolute atomic E-state index is 0.744. The van der Waals surface area contributed by atoms with Gasteiger partial charge in [-0.05, 0) is 76.7 Å². The highest BCUT2D eigenvalue weighted by Gasteiger charge is 1.98. The lowest BCUT2D eigenvalue weighted by molar-refractivity contribution is -0.114. The van der Waals surface area contributed by atoms with Crippen LogP contribution in [0.25, 0.3) is 0 Å². The minimum atomic E-state index is 0.744. The van der Waals surface area contributed by atoms with Crippen LogP contribution in [-0.2, 0) is 9.47 Å². The van der Waals surface area contributed by atoms with E-state index in [0.717, 1.165) is 72.6 Å². The minimum Gasteiger partial charge on any atom is -0.501 e. The molecule has 0 aliphatic rings. The fourth-order valence-corrected chi connectivity index (χ4v) is 2.08. The first-order valence-corrected chi connectivity index (χ1v) is 9.36. The molecule has 146 valence electrons. The van der Waals surface area contributed by atoms with E-state index in [4.69, 9.17) is 20.3 Å². The fourth-order valence-electron chi connectivity index (χ4n) is 2.08. The molecule has 0 aromatic heterocycles. The third-order valence-corrected chi connectivity index (χ3v) is 3.95. The first-order chi connectivity index (χ1) is 12.2. The number of unbranched alkanes of at least 4 members (excludes halogenated alkanes) is 3. The Morgan fingerprint density at radius 2 is 0.962 bits per heavy atom. The van der Waals surface area contributed by atoms with Gasteiger partial charge in [-0.1, -0.05) is 0 Å². The standard InChI is InChI=1S/C22H36N2O2/c1-17(13-19(3)21(5)23)15-25-11-9-7-8-10-12-26-16-18(2)14-20(4)22(6)24/h13-16,23-24H,7-12H2,1-6H3/p+2/b17-15-,18-16-,19-13-,20-14-,23-21?,24-22?. The summed E-state index contributed by atoms with van der Waals surface area (Å²) in [5.74, 6) is 0. The van der Waals surface area contributed by atoms with Crippen LogP contribution in [0.2, 0.25) is 0 Å². The third kappa shape index (κ3) is 13.2. The molecule has 0 unspecified atom stereocenters. The second-order valence-corrected chi connectivity index (χ2v) is 6.90. The molecule has 0 heterocycles. The fraction of sp³-hybridized carbons (Fsp3) is 0.545. The van der Waals surface area contributed by atoms with Crippen LogP contribution in [0.1, 0.15) is 67.2 Å². The second-order valence-electron chi connectivity index (χ2n) is 6.90. The molecule has 4 heteroatoms. The SMILES string of the molecule is CC(=[NH2+])/C(C)=C\C(C)=C/OCCCCCCO/C=C(C)\C=C(\C)C(C)=[NH2+]. The Balaban J connectivity index is 3.77. The molecule has 0 radical (unpaired) electrons. The van der Waals surface area contributed by atoms with Crippen molar-refractivity contribution in [2.24, 2.45) is 0 Å². The van der Waals surface area contributed by atoms with Crippen molar-refractivity contribution in [3.63, 3.8) is 0 Å². The van der Waals surface area contributed by atoms with Gasteiger partial charge in [-0.25, -0.2) is 0 Å². The normalized spacial score (nSPS) is 13.6. The van der Waals surface area contributed by atoms with Crippen molar-refractivity contribution in [2.45, 2.75) is 67.2 Å². The number of allylic oxidation sites excluding steroid dienone is 6. The largest absolute Gasteiger partial charge is 0.501 e. The third-order valence-electron chi connectivity index (χ3n) is 3.95. The molecule has 0 aliphatic heterocycles. The summed E-state index contributed by atoms with van der Waals surface area (Å²) in [7, 11) is 0. The molecule has 0 aromatic carbocycles. The maximum Gasteiger partial charge on any atom is 0.172 e. The topological polar surface area (TPSA) is 69.6 Å². The van der Waals surface area contributed by atoms with Crippen molar-refractivity contribution >= 4 is 11.4 Å². The summed E-state index contributed by atoms with van der Waals surface area (Å²) in [6.45, 7) is 13.3. The van der Waals surface area contributed by atoms with E-state index < -0.39 is 0 Å². The van der Waals surface area contributed by atoms with Gasteiger partial charge < -0.3 is 9.47 Å². The van der Waals surface area contributed by atoms with Crippen LogP contribution in [0.4, 0.5) is 0 Å². The highest BCUT2D eigenvalue weighted by molar-refractivity contribution is 5.93. The zero-order valence-electron chi connectivity index (χ0n) is 17.5. The van der Waals surface area contributed by atoms with Crippen LogP contribution < -0.4 is 10.8 Å². The molecule has 0 saturated heterocycles. The van der Waals surface area contributed by atoms with Crippen LogP contribution >= 0.6 is 0 Å². The molecule has 0 bridgehead atoms. The maximum absolute atomic E-state index is 5.74. The van der Waals surface area contributed by atoms with Gasteiger partial charge in [0.1, 0.15) is 0 Å². The summed E-state index contributed by atoms with van der Waals surface area (Å²) in [6.07, 6.45) is 12.1. The summed E-state index contributed by atoms with van der Waals surface area (Å²) in [5, 5.41) is 11.5. The predicted molar refractivity (Wildman–Crippen MR) is 111 cm³/mol. The van der Waals surface area contributed by atoms with Crippen LogP contribution in [0.15, 0.2) is 47.0 Å². The van der Waals surface area contributed by atoms with E-state index in [2.05, 4.69) is 0 Å². The zero-order chi connectivity index (χ0) is 19.9. The Kier molecular flexibility index (Phi) is 13.0.